The van der Waals surface area contributed by atoms with E-state index in [4.69, 9.17) is 18.7 Å². The first-order valence-electron chi connectivity index (χ1n) is 7.41. The van der Waals surface area contributed by atoms with Crippen LogP contribution in [0.3, 0.4) is 0 Å². The van der Waals surface area contributed by atoms with Crippen molar-refractivity contribution in [2.24, 2.45) is 5.92 Å². The summed E-state index contributed by atoms with van der Waals surface area (Å²) in [5, 5.41) is 3.83. The zero-order valence-corrected chi connectivity index (χ0v) is 12.0. The van der Waals surface area contributed by atoms with E-state index in [1.165, 1.54) is 0 Å². The molecule has 2 aliphatic rings. The molecule has 20 heavy (non-hydrogen) atoms. The normalized spacial score (nSPS) is 23.2. The van der Waals surface area contributed by atoms with Crippen LogP contribution in [0.1, 0.15) is 37.4 Å². The van der Waals surface area contributed by atoms with Crippen LogP contribution in [0.25, 0.3) is 0 Å². The molecule has 2 fully saturated rings. The van der Waals surface area contributed by atoms with Crippen molar-refractivity contribution in [2.45, 2.75) is 44.8 Å². The van der Waals surface area contributed by atoms with Gasteiger partial charge in [0.15, 0.2) is 11.6 Å². The zero-order chi connectivity index (χ0) is 13.8. The highest BCUT2D eigenvalue weighted by atomic mass is 16.7. The first-order chi connectivity index (χ1) is 9.76. The number of nitrogens with zero attached hydrogens (tertiary/aromatic N) is 2. The van der Waals surface area contributed by atoms with E-state index in [9.17, 15) is 0 Å². The highest BCUT2D eigenvalue weighted by Gasteiger charge is 2.39. The topological polar surface area (TPSA) is 66.6 Å². The van der Waals surface area contributed by atoms with Crippen LogP contribution in [-0.4, -0.2) is 42.4 Å². The molecule has 0 N–H and O–H groups in total. The molecule has 0 amide bonds. The summed E-state index contributed by atoms with van der Waals surface area (Å²) >= 11 is 0. The quantitative estimate of drug-likeness (QED) is 0.821. The maximum Gasteiger partial charge on any atom is 0.232 e. The molecular weight excluding hydrogens is 260 g/mol. The van der Waals surface area contributed by atoms with Crippen LogP contribution < -0.4 is 0 Å². The van der Waals surface area contributed by atoms with Crippen molar-refractivity contribution in [3.8, 4) is 0 Å². The summed E-state index contributed by atoms with van der Waals surface area (Å²) in [6.07, 6.45) is 4.78. The Hall–Kier alpha value is -0.980. The van der Waals surface area contributed by atoms with Gasteiger partial charge in [-0.25, -0.2) is 0 Å². The fraction of sp³-hybridized carbons (Fsp3) is 0.857. The van der Waals surface area contributed by atoms with E-state index in [0.717, 1.165) is 38.9 Å². The summed E-state index contributed by atoms with van der Waals surface area (Å²) < 4.78 is 22.3. The van der Waals surface area contributed by atoms with Crippen molar-refractivity contribution in [2.75, 3.05) is 26.4 Å². The number of aryl methyl sites for hydroxylation is 1. The molecule has 112 valence electrons. The Balaban J connectivity index is 1.58. The molecule has 2 saturated heterocycles. The fourth-order valence-electron chi connectivity index (χ4n) is 2.93. The standard InChI is InChI=1S/C14H22N2O4/c1-11-15-13(20-16-11)10-14(18-8-9-19-14)5-2-12-3-6-17-7-4-12/h12H,2-10H2,1H3. The number of ether oxygens (including phenoxy) is 3. The Morgan fingerprint density at radius 1 is 1.15 bits per heavy atom. The SMILES string of the molecule is Cc1noc(CC2(CCC3CCOCC3)OCCO2)n1. The van der Waals surface area contributed by atoms with E-state index in [1.807, 2.05) is 6.92 Å². The van der Waals surface area contributed by atoms with Crippen LogP contribution in [0.2, 0.25) is 0 Å². The fourth-order valence-corrected chi connectivity index (χ4v) is 2.93. The van der Waals surface area contributed by atoms with Gasteiger partial charge >= 0.3 is 0 Å². The minimum absolute atomic E-state index is 0.539. The smallest absolute Gasteiger partial charge is 0.232 e. The van der Waals surface area contributed by atoms with E-state index in [1.54, 1.807) is 0 Å². The van der Waals surface area contributed by atoms with Crippen LogP contribution >= 0.6 is 0 Å². The highest BCUT2D eigenvalue weighted by Crippen LogP contribution is 2.32. The van der Waals surface area contributed by atoms with Crippen molar-refractivity contribution in [3.63, 3.8) is 0 Å². The largest absolute Gasteiger partial charge is 0.381 e. The minimum Gasteiger partial charge on any atom is -0.381 e. The maximum absolute atomic E-state index is 5.86. The second kappa shape index (κ2) is 6.20. The van der Waals surface area contributed by atoms with Crippen molar-refractivity contribution >= 4 is 0 Å². The molecule has 6 heteroatoms. The molecule has 3 rings (SSSR count). The van der Waals surface area contributed by atoms with Crippen LogP contribution in [-0.2, 0) is 20.6 Å². The molecular formula is C14H22N2O4. The first kappa shape index (κ1) is 14.0. The molecule has 2 aliphatic heterocycles. The van der Waals surface area contributed by atoms with E-state index in [0.29, 0.717) is 37.3 Å². The molecule has 0 aromatic carbocycles. The number of hydrogen-bond donors (Lipinski definition) is 0. The van der Waals surface area contributed by atoms with Crippen molar-refractivity contribution in [1.29, 1.82) is 0 Å². The third-order valence-corrected chi connectivity index (χ3v) is 4.08. The van der Waals surface area contributed by atoms with E-state index in [2.05, 4.69) is 10.1 Å². The van der Waals surface area contributed by atoms with Crippen molar-refractivity contribution < 1.29 is 18.7 Å². The van der Waals surface area contributed by atoms with E-state index >= 15 is 0 Å². The molecule has 0 aliphatic carbocycles. The molecule has 0 saturated carbocycles. The van der Waals surface area contributed by atoms with Gasteiger partial charge in [-0.05, 0) is 32.1 Å². The molecule has 0 radical (unpaired) electrons. The minimum atomic E-state index is -0.572. The van der Waals surface area contributed by atoms with Crippen LogP contribution in [0, 0.1) is 12.8 Å². The van der Waals surface area contributed by atoms with Crippen LogP contribution in [0.15, 0.2) is 4.52 Å². The lowest BCUT2D eigenvalue weighted by Gasteiger charge is -2.29. The Kier molecular flexibility index (Phi) is 4.33. The Labute approximate surface area is 118 Å². The van der Waals surface area contributed by atoms with Gasteiger partial charge < -0.3 is 18.7 Å². The second-order valence-electron chi connectivity index (χ2n) is 5.61. The van der Waals surface area contributed by atoms with Gasteiger partial charge in [-0.15, -0.1) is 0 Å². The molecule has 0 atom stereocenters. The van der Waals surface area contributed by atoms with Crippen LogP contribution in [0.5, 0.6) is 0 Å². The van der Waals surface area contributed by atoms with Crippen LogP contribution in [0.4, 0.5) is 0 Å². The summed E-state index contributed by atoms with van der Waals surface area (Å²) in [7, 11) is 0. The summed E-state index contributed by atoms with van der Waals surface area (Å²) in [4.78, 5) is 4.26. The second-order valence-corrected chi connectivity index (χ2v) is 5.61. The predicted molar refractivity (Wildman–Crippen MR) is 70.2 cm³/mol. The maximum atomic E-state index is 5.86. The summed E-state index contributed by atoms with van der Waals surface area (Å²) in [5.74, 6) is 1.38. The molecule has 0 unspecified atom stereocenters. The van der Waals surface area contributed by atoms with Gasteiger partial charge in [0, 0.05) is 19.6 Å². The summed E-state index contributed by atoms with van der Waals surface area (Å²) in [6.45, 7) is 4.85. The predicted octanol–water partition coefficient (Wildman–Crippen LogP) is 1.87. The number of aromatic nitrogens is 2. The zero-order valence-electron chi connectivity index (χ0n) is 12.0. The van der Waals surface area contributed by atoms with Gasteiger partial charge in [0.25, 0.3) is 0 Å². The van der Waals surface area contributed by atoms with Gasteiger partial charge in [-0.1, -0.05) is 5.16 Å². The molecule has 0 bridgehead atoms. The average molecular weight is 282 g/mol. The monoisotopic (exact) mass is 282 g/mol. The van der Waals surface area contributed by atoms with Gasteiger partial charge in [-0.3, -0.25) is 0 Å². The van der Waals surface area contributed by atoms with Gasteiger partial charge in [0.1, 0.15) is 0 Å². The highest BCUT2D eigenvalue weighted by molar-refractivity contribution is 4.91. The summed E-state index contributed by atoms with van der Waals surface area (Å²) in [6, 6.07) is 0. The third kappa shape index (κ3) is 3.37. The third-order valence-electron chi connectivity index (χ3n) is 4.08. The Morgan fingerprint density at radius 2 is 1.90 bits per heavy atom. The number of hydrogen-bond acceptors (Lipinski definition) is 6. The lowest BCUT2D eigenvalue weighted by molar-refractivity contribution is -0.167. The van der Waals surface area contributed by atoms with Gasteiger partial charge in [0.2, 0.25) is 5.89 Å². The molecule has 1 aromatic heterocycles. The van der Waals surface area contributed by atoms with E-state index in [-0.39, 0.29) is 0 Å². The van der Waals surface area contributed by atoms with E-state index < -0.39 is 5.79 Å². The van der Waals surface area contributed by atoms with Crippen molar-refractivity contribution in [1.82, 2.24) is 10.1 Å². The Morgan fingerprint density at radius 3 is 2.55 bits per heavy atom. The molecule has 6 nitrogen and oxygen atoms in total. The first-order valence-corrected chi connectivity index (χ1v) is 7.41. The average Bonchev–Trinajstić information content (AvgIpc) is 3.08. The Bertz CT molecular complexity index is 423. The lowest BCUT2D eigenvalue weighted by atomic mass is 9.91. The summed E-state index contributed by atoms with van der Waals surface area (Å²) in [5.41, 5.74) is 0. The van der Waals surface area contributed by atoms with Gasteiger partial charge in [0.05, 0.1) is 19.6 Å². The lowest BCUT2D eigenvalue weighted by Crippen LogP contribution is -2.34. The van der Waals surface area contributed by atoms with Crippen molar-refractivity contribution in [3.05, 3.63) is 11.7 Å². The molecule has 0 spiro atoms. The molecule has 3 heterocycles. The number of rotatable bonds is 5. The van der Waals surface area contributed by atoms with Gasteiger partial charge in [-0.2, -0.15) is 4.98 Å². The molecule has 1 aromatic rings.